The first-order valence-corrected chi connectivity index (χ1v) is 9.21. The Hall–Kier alpha value is -4.07. The van der Waals surface area contributed by atoms with Crippen LogP contribution in [0.25, 0.3) is 17.0 Å². The molecule has 0 saturated carbocycles. The summed E-state index contributed by atoms with van der Waals surface area (Å²) in [5.41, 5.74) is 2.09. The number of amides is 1. The molecular formula is C22H20N4O4. The van der Waals surface area contributed by atoms with Gasteiger partial charge in [-0.15, -0.1) is 0 Å². The number of ether oxygens (including phenoxy) is 3. The summed E-state index contributed by atoms with van der Waals surface area (Å²) in [7, 11) is 3.12. The number of nitrogens with one attached hydrogen (secondary N) is 1. The molecular weight excluding hydrogens is 384 g/mol. The van der Waals surface area contributed by atoms with E-state index in [-0.39, 0.29) is 12.5 Å². The van der Waals surface area contributed by atoms with Gasteiger partial charge in [-0.3, -0.25) is 9.20 Å². The van der Waals surface area contributed by atoms with Crippen molar-refractivity contribution in [3.63, 3.8) is 0 Å². The van der Waals surface area contributed by atoms with E-state index < -0.39 is 0 Å². The summed E-state index contributed by atoms with van der Waals surface area (Å²) in [6.07, 6.45) is 5.44. The summed E-state index contributed by atoms with van der Waals surface area (Å²) >= 11 is 0. The first kappa shape index (κ1) is 19.3. The van der Waals surface area contributed by atoms with Gasteiger partial charge in [-0.25, -0.2) is 9.97 Å². The second-order valence-electron chi connectivity index (χ2n) is 6.38. The van der Waals surface area contributed by atoms with Gasteiger partial charge < -0.3 is 19.5 Å². The minimum Gasteiger partial charge on any atom is -0.497 e. The van der Waals surface area contributed by atoms with Crippen LogP contribution in [0.3, 0.4) is 0 Å². The molecule has 1 N–H and O–H groups in total. The van der Waals surface area contributed by atoms with E-state index in [1.54, 1.807) is 50.7 Å². The van der Waals surface area contributed by atoms with Crippen molar-refractivity contribution in [1.82, 2.24) is 14.4 Å². The minimum atomic E-state index is -0.315. The average molecular weight is 404 g/mol. The van der Waals surface area contributed by atoms with Gasteiger partial charge in [-0.05, 0) is 36.4 Å². The van der Waals surface area contributed by atoms with Crippen LogP contribution in [0.2, 0.25) is 0 Å². The lowest BCUT2D eigenvalue weighted by Gasteiger charge is -2.12. The van der Waals surface area contributed by atoms with Gasteiger partial charge in [0.1, 0.15) is 17.2 Å². The van der Waals surface area contributed by atoms with Crippen molar-refractivity contribution < 1.29 is 19.0 Å². The molecule has 0 aliphatic heterocycles. The molecule has 0 spiro atoms. The lowest BCUT2D eigenvalue weighted by Crippen LogP contribution is -2.20. The summed E-state index contributed by atoms with van der Waals surface area (Å²) in [5.74, 6) is 2.02. The molecule has 2 heterocycles. The number of carbonyl (C=O) groups excluding carboxylic acids is 1. The second-order valence-corrected chi connectivity index (χ2v) is 6.38. The van der Waals surface area contributed by atoms with Crippen molar-refractivity contribution in [2.24, 2.45) is 0 Å². The molecule has 0 fully saturated rings. The van der Waals surface area contributed by atoms with E-state index in [2.05, 4.69) is 15.3 Å². The van der Waals surface area contributed by atoms with Gasteiger partial charge in [0.05, 0.1) is 25.6 Å². The highest BCUT2D eigenvalue weighted by Crippen LogP contribution is 2.30. The Bertz CT molecular complexity index is 1160. The highest BCUT2D eigenvalue weighted by molar-refractivity contribution is 5.94. The quantitative estimate of drug-likeness (QED) is 0.508. The topological polar surface area (TPSA) is 87.0 Å². The third-order valence-corrected chi connectivity index (χ3v) is 4.42. The molecule has 8 nitrogen and oxygen atoms in total. The van der Waals surface area contributed by atoms with Gasteiger partial charge in [0.15, 0.2) is 6.61 Å². The number of carbonyl (C=O) groups is 1. The number of fused-ring (bicyclic) bond motifs is 1. The van der Waals surface area contributed by atoms with Crippen LogP contribution in [0.15, 0.2) is 67.1 Å². The van der Waals surface area contributed by atoms with Crippen LogP contribution in [0, 0.1) is 0 Å². The molecule has 1 amide bonds. The number of benzene rings is 2. The SMILES string of the molecule is COc1cccc(OCC(=O)Nc2cc(-c3cn4cccnc4n3)ccc2OC)c1. The fourth-order valence-electron chi connectivity index (χ4n) is 2.96. The number of anilines is 1. The molecule has 0 bridgehead atoms. The van der Waals surface area contributed by atoms with Crippen LogP contribution >= 0.6 is 0 Å². The summed E-state index contributed by atoms with van der Waals surface area (Å²) in [5, 5.41) is 2.83. The average Bonchev–Trinajstić information content (AvgIpc) is 3.22. The normalized spacial score (nSPS) is 10.6. The van der Waals surface area contributed by atoms with Crippen LogP contribution in [-0.4, -0.2) is 41.1 Å². The molecule has 0 atom stereocenters. The highest BCUT2D eigenvalue weighted by atomic mass is 16.5. The Balaban J connectivity index is 1.51. The molecule has 0 saturated heterocycles. The Morgan fingerprint density at radius 3 is 2.73 bits per heavy atom. The number of nitrogens with zero attached hydrogens (tertiary/aromatic N) is 3. The van der Waals surface area contributed by atoms with Crippen LogP contribution in [0.4, 0.5) is 5.69 Å². The molecule has 2 aromatic heterocycles. The van der Waals surface area contributed by atoms with E-state index >= 15 is 0 Å². The van der Waals surface area contributed by atoms with Crippen molar-refractivity contribution in [1.29, 1.82) is 0 Å². The van der Waals surface area contributed by atoms with E-state index in [4.69, 9.17) is 14.2 Å². The van der Waals surface area contributed by atoms with Crippen molar-refractivity contribution in [3.05, 3.63) is 67.1 Å². The van der Waals surface area contributed by atoms with Crippen molar-refractivity contribution in [3.8, 4) is 28.5 Å². The van der Waals surface area contributed by atoms with Gasteiger partial charge in [0, 0.05) is 30.2 Å². The summed E-state index contributed by atoms with van der Waals surface area (Å²) < 4.78 is 17.9. The fraction of sp³-hybridized carbons (Fsp3) is 0.136. The predicted octanol–water partition coefficient (Wildman–Crippen LogP) is 3.43. The molecule has 4 rings (SSSR count). The Kier molecular flexibility index (Phi) is 5.47. The Morgan fingerprint density at radius 1 is 1.07 bits per heavy atom. The molecule has 0 unspecified atom stereocenters. The lowest BCUT2D eigenvalue weighted by molar-refractivity contribution is -0.118. The number of hydrogen-bond acceptors (Lipinski definition) is 6. The minimum absolute atomic E-state index is 0.154. The molecule has 0 aliphatic carbocycles. The maximum atomic E-state index is 12.4. The third kappa shape index (κ3) is 4.17. The lowest BCUT2D eigenvalue weighted by atomic mass is 10.1. The zero-order chi connectivity index (χ0) is 20.9. The maximum Gasteiger partial charge on any atom is 0.262 e. The molecule has 0 aliphatic rings. The smallest absolute Gasteiger partial charge is 0.262 e. The fourth-order valence-corrected chi connectivity index (χ4v) is 2.96. The standard InChI is InChI=1S/C22H20N4O4/c1-28-16-5-3-6-17(12-16)30-14-21(27)24-18-11-15(7-8-20(18)29-2)19-13-26-10-4-9-23-22(26)25-19/h3-13H,14H2,1-2H3,(H,24,27). The van der Waals surface area contributed by atoms with Gasteiger partial charge in [0.2, 0.25) is 5.78 Å². The summed E-state index contributed by atoms with van der Waals surface area (Å²) in [4.78, 5) is 21.2. The Morgan fingerprint density at radius 2 is 1.93 bits per heavy atom. The highest BCUT2D eigenvalue weighted by Gasteiger charge is 2.12. The summed E-state index contributed by atoms with van der Waals surface area (Å²) in [6.45, 7) is -0.154. The number of aromatic nitrogens is 3. The van der Waals surface area contributed by atoms with Crippen molar-refractivity contribution >= 4 is 17.4 Å². The number of methoxy groups -OCH3 is 2. The zero-order valence-corrected chi connectivity index (χ0v) is 16.5. The Labute approximate surface area is 173 Å². The largest absolute Gasteiger partial charge is 0.497 e. The van der Waals surface area contributed by atoms with Crippen LogP contribution in [0.1, 0.15) is 0 Å². The van der Waals surface area contributed by atoms with Crippen molar-refractivity contribution in [2.75, 3.05) is 26.1 Å². The molecule has 0 radical (unpaired) electrons. The molecule has 8 heteroatoms. The zero-order valence-electron chi connectivity index (χ0n) is 16.5. The van der Waals surface area contributed by atoms with Gasteiger partial charge in [0.25, 0.3) is 5.91 Å². The number of rotatable bonds is 7. The van der Waals surface area contributed by atoms with E-state index in [0.29, 0.717) is 28.7 Å². The van der Waals surface area contributed by atoms with Crippen molar-refractivity contribution in [2.45, 2.75) is 0 Å². The van der Waals surface area contributed by atoms with E-state index in [1.807, 2.05) is 35.0 Å². The monoisotopic (exact) mass is 404 g/mol. The first-order chi connectivity index (χ1) is 14.7. The molecule has 4 aromatic rings. The van der Waals surface area contributed by atoms with E-state index in [1.165, 1.54) is 0 Å². The van der Waals surface area contributed by atoms with Crippen LogP contribution < -0.4 is 19.5 Å². The van der Waals surface area contributed by atoms with Gasteiger partial charge in [-0.2, -0.15) is 0 Å². The number of hydrogen-bond donors (Lipinski definition) is 1. The van der Waals surface area contributed by atoms with Crippen LogP contribution in [-0.2, 0) is 4.79 Å². The molecule has 30 heavy (non-hydrogen) atoms. The summed E-state index contributed by atoms with van der Waals surface area (Å²) in [6, 6.07) is 14.4. The third-order valence-electron chi connectivity index (χ3n) is 4.42. The van der Waals surface area contributed by atoms with Crippen LogP contribution in [0.5, 0.6) is 17.2 Å². The van der Waals surface area contributed by atoms with E-state index in [9.17, 15) is 4.79 Å². The number of imidazole rings is 1. The maximum absolute atomic E-state index is 12.4. The molecule has 152 valence electrons. The first-order valence-electron chi connectivity index (χ1n) is 9.21. The second kappa shape index (κ2) is 8.52. The molecule has 2 aromatic carbocycles. The van der Waals surface area contributed by atoms with Gasteiger partial charge in [-0.1, -0.05) is 6.07 Å². The van der Waals surface area contributed by atoms with Gasteiger partial charge >= 0.3 is 0 Å². The van der Waals surface area contributed by atoms with E-state index in [0.717, 1.165) is 11.3 Å². The predicted molar refractivity (Wildman–Crippen MR) is 112 cm³/mol.